The number of rotatable bonds is 8. The van der Waals surface area contributed by atoms with E-state index in [0.29, 0.717) is 16.6 Å². The predicted molar refractivity (Wildman–Crippen MR) is 118 cm³/mol. The first kappa shape index (κ1) is 21.2. The van der Waals surface area contributed by atoms with Gasteiger partial charge in [0, 0.05) is 29.7 Å². The van der Waals surface area contributed by atoms with Gasteiger partial charge in [-0.05, 0) is 61.3 Å². The van der Waals surface area contributed by atoms with Crippen molar-refractivity contribution < 1.29 is 9.90 Å². The van der Waals surface area contributed by atoms with E-state index in [4.69, 9.17) is 5.73 Å². The molecule has 6 heteroatoms. The molecule has 0 aliphatic carbocycles. The maximum atomic E-state index is 12.4. The van der Waals surface area contributed by atoms with Crippen LogP contribution >= 0.6 is 15.9 Å². The van der Waals surface area contributed by atoms with E-state index in [1.54, 1.807) is 0 Å². The largest absolute Gasteiger partial charge is 0.506 e. The van der Waals surface area contributed by atoms with Crippen molar-refractivity contribution in [3.8, 4) is 5.75 Å². The number of amides is 1. The van der Waals surface area contributed by atoms with E-state index in [9.17, 15) is 9.90 Å². The number of aryl methyl sites for hydroxylation is 1. The van der Waals surface area contributed by atoms with Gasteiger partial charge in [0.15, 0.2) is 0 Å². The average Bonchev–Trinajstić information content (AvgIpc) is 2.95. The number of primary amides is 1. The number of halogens is 1. The molecular weight excluding hydrogens is 418 g/mol. The van der Waals surface area contributed by atoms with Crippen LogP contribution < -0.4 is 5.73 Å². The van der Waals surface area contributed by atoms with Crippen LogP contribution in [0.3, 0.4) is 0 Å². The Balaban J connectivity index is 2.10. The van der Waals surface area contributed by atoms with Gasteiger partial charge in [-0.2, -0.15) is 0 Å². The first-order valence-electron chi connectivity index (χ1n) is 10.5. The van der Waals surface area contributed by atoms with Crippen LogP contribution in [0.5, 0.6) is 5.75 Å². The minimum absolute atomic E-state index is 0.226. The molecule has 28 heavy (non-hydrogen) atoms. The number of carbonyl (C=O) groups excluding carboxylic acids is 1. The minimum atomic E-state index is -0.420. The SMILES string of the molecule is CCCCCCn1c(C)c(C(N)=O)c2c(CN3CCCCC3)c(O)c(Br)cc21. The number of fused-ring (bicyclic) bond motifs is 1. The maximum Gasteiger partial charge on any atom is 0.251 e. The van der Waals surface area contributed by atoms with Crippen molar-refractivity contribution in [3.63, 3.8) is 0 Å². The highest BCUT2D eigenvalue weighted by Crippen LogP contribution is 2.40. The molecule has 0 saturated carbocycles. The molecule has 2 aromatic rings. The van der Waals surface area contributed by atoms with Gasteiger partial charge in [0.05, 0.1) is 15.6 Å². The number of carbonyl (C=O) groups is 1. The number of hydrogen-bond acceptors (Lipinski definition) is 3. The number of unbranched alkanes of at least 4 members (excludes halogenated alkanes) is 3. The van der Waals surface area contributed by atoms with E-state index >= 15 is 0 Å². The second-order valence-electron chi connectivity index (χ2n) is 7.95. The Morgan fingerprint density at radius 3 is 2.57 bits per heavy atom. The van der Waals surface area contributed by atoms with Crippen LogP contribution in [0.15, 0.2) is 10.5 Å². The molecular formula is C22H32BrN3O2. The number of nitrogens with zero attached hydrogens (tertiary/aromatic N) is 2. The lowest BCUT2D eigenvalue weighted by molar-refractivity contribution is 0.100. The minimum Gasteiger partial charge on any atom is -0.506 e. The fraction of sp³-hybridized carbons (Fsp3) is 0.591. The van der Waals surface area contributed by atoms with Crippen molar-refractivity contribution in [2.75, 3.05) is 13.1 Å². The number of benzene rings is 1. The molecule has 1 fully saturated rings. The highest BCUT2D eigenvalue weighted by molar-refractivity contribution is 9.10. The third kappa shape index (κ3) is 4.23. The number of hydrogen-bond donors (Lipinski definition) is 2. The zero-order chi connectivity index (χ0) is 20.3. The van der Waals surface area contributed by atoms with Gasteiger partial charge in [0.1, 0.15) is 5.75 Å². The Morgan fingerprint density at radius 1 is 1.21 bits per heavy atom. The molecule has 0 spiro atoms. The summed E-state index contributed by atoms with van der Waals surface area (Å²) in [5.41, 5.74) is 9.06. The average molecular weight is 450 g/mol. The number of phenolic OH excluding ortho intramolecular Hbond substituents is 1. The number of piperidine rings is 1. The highest BCUT2D eigenvalue weighted by Gasteiger charge is 2.25. The molecule has 3 rings (SSSR count). The van der Waals surface area contributed by atoms with Crippen molar-refractivity contribution in [2.24, 2.45) is 5.73 Å². The Kier molecular flexibility index (Phi) is 7.05. The maximum absolute atomic E-state index is 12.4. The first-order valence-corrected chi connectivity index (χ1v) is 11.3. The first-order chi connectivity index (χ1) is 13.5. The molecule has 5 nitrogen and oxygen atoms in total. The molecule has 0 unspecified atom stereocenters. The Morgan fingerprint density at radius 2 is 1.93 bits per heavy atom. The topological polar surface area (TPSA) is 71.5 Å². The summed E-state index contributed by atoms with van der Waals surface area (Å²) in [7, 11) is 0. The predicted octanol–water partition coefficient (Wildman–Crippen LogP) is 5.08. The van der Waals surface area contributed by atoms with E-state index in [1.165, 1.54) is 38.5 Å². The van der Waals surface area contributed by atoms with Crippen molar-refractivity contribution in [2.45, 2.75) is 71.9 Å². The third-order valence-electron chi connectivity index (χ3n) is 5.95. The van der Waals surface area contributed by atoms with Crippen LogP contribution in [0.2, 0.25) is 0 Å². The quantitative estimate of drug-likeness (QED) is 0.551. The zero-order valence-electron chi connectivity index (χ0n) is 17.1. The van der Waals surface area contributed by atoms with Gasteiger partial charge in [0.25, 0.3) is 5.91 Å². The van der Waals surface area contributed by atoms with Crippen LogP contribution in [0.1, 0.15) is 73.5 Å². The standard InChI is InChI=1S/C22H32BrN3O2/c1-3-4-5-9-12-26-15(2)19(22(24)28)20-16(14-25-10-7-6-8-11-25)21(27)17(23)13-18(20)26/h13,27H,3-12,14H2,1-2H3,(H2,24,28). The lowest BCUT2D eigenvalue weighted by Gasteiger charge is -2.27. The summed E-state index contributed by atoms with van der Waals surface area (Å²) in [5.74, 6) is -0.194. The van der Waals surface area contributed by atoms with Gasteiger partial charge in [-0.15, -0.1) is 0 Å². The van der Waals surface area contributed by atoms with Gasteiger partial charge >= 0.3 is 0 Å². The van der Waals surface area contributed by atoms with E-state index in [1.807, 2.05) is 13.0 Å². The number of aromatic nitrogens is 1. The summed E-state index contributed by atoms with van der Waals surface area (Å²) in [6, 6.07) is 1.93. The van der Waals surface area contributed by atoms with E-state index in [0.717, 1.165) is 48.2 Å². The van der Waals surface area contributed by atoms with Crippen molar-refractivity contribution in [3.05, 3.63) is 27.4 Å². The van der Waals surface area contributed by atoms with Crippen LogP contribution in [-0.4, -0.2) is 33.6 Å². The summed E-state index contributed by atoms with van der Waals surface area (Å²) in [6.07, 6.45) is 8.26. The third-order valence-corrected chi connectivity index (χ3v) is 6.56. The van der Waals surface area contributed by atoms with Crippen LogP contribution in [-0.2, 0) is 13.1 Å². The van der Waals surface area contributed by atoms with Gasteiger partial charge < -0.3 is 15.4 Å². The summed E-state index contributed by atoms with van der Waals surface area (Å²) < 4.78 is 2.88. The Hall–Kier alpha value is -1.53. The second-order valence-corrected chi connectivity index (χ2v) is 8.81. The number of phenols is 1. The Labute approximate surface area is 176 Å². The van der Waals surface area contributed by atoms with E-state index in [2.05, 4.69) is 32.3 Å². The molecule has 1 saturated heterocycles. The van der Waals surface area contributed by atoms with Gasteiger partial charge in [-0.25, -0.2) is 0 Å². The number of aromatic hydroxyl groups is 1. The monoisotopic (exact) mass is 449 g/mol. The molecule has 3 N–H and O–H groups in total. The van der Waals surface area contributed by atoms with Crippen molar-refractivity contribution in [1.29, 1.82) is 0 Å². The molecule has 2 heterocycles. The summed E-state index contributed by atoms with van der Waals surface area (Å²) >= 11 is 3.53. The lowest BCUT2D eigenvalue weighted by Crippen LogP contribution is -2.29. The molecule has 1 aliphatic heterocycles. The molecule has 1 amide bonds. The second kappa shape index (κ2) is 9.31. The van der Waals surface area contributed by atoms with E-state index < -0.39 is 5.91 Å². The highest BCUT2D eigenvalue weighted by atomic mass is 79.9. The smallest absolute Gasteiger partial charge is 0.251 e. The van der Waals surface area contributed by atoms with E-state index in [-0.39, 0.29) is 5.75 Å². The van der Waals surface area contributed by atoms with Gasteiger partial charge in [-0.3, -0.25) is 9.69 Å². The van der Waals surface area contributed by atoms with Crippen LogP contribution in [0, 0.1) is 6.92 Å². The fourth-order valence-corrected chi connectivity index (χ4v) is 4.90. The summed E-state index contributed by atoms with van der Waals surface area (Å²) in [6.45, 7) is 7.72. The van der Waals surface area contributed by atoms with Crippen LogP contribution in [0.4, 0.5) is 0 Å². The summed E-state index contributed by atoms with van der Waals surface area (Å²) in [4.78, 5) is 14.7. The molecule has 0 atom stereocenters. The van der Waals surface area contributed by atoms with Gasteiger partial charge in [0.2, 0.25) is 0 Å². The normalized spacial score (nSPS) is 15.4. The van der Waals surface area contributed by atoms with Gasteiger partial charge in [-0.1, -0.05) is 32.6 Å². The number of nitrogens with two attached hydrogens (primary N) is 1. The van der Waals surface area contributed by atoms with Crippen molar-refractivity contribution >= 4 is 32.7 Å². The number of likely N-dealkylation sites (tertiary alicyclic amines) is 1. The summed E-state index contributed by atoms with van der Waals surface area (Å²) in [5, 5.41) is 11.7. The Bertz CT molecular complexity index is 854. The van der Waals surface area contributed by atoms with Crippen molar-refractivity contribution in [1.82, 2.24) is 9.47 Å². The molecule has 1 aromatic heterocycles. The lowest BCUT2D eigenvalue weighted by atomic mass is 10.0. The van der Waals surface area contributed by atoms with Crippen LogP contribution in [0.25, 0.3) is 10.9 Å². The molecule has 0 radical (unpaired) electrons. The fourth-order valence-electron chi connectivity index (χ4n) is 4.45. The molecule has 1 aromatic carbocycles. The molecule has 0 bridgehead atoms. The molecule has 154 valence electrons. The zero-order valence-corrected chi connectivity index (χ0v) is 18.6. The molecule has 1 aliphatic rings.